The lowest BCUT2D eigenvalue weighted by Gasteiger charge is -2.33. The predicted molar refractivity (Wildman–Crippen MR) is 51.6 cm³/mol. The fraction of sp³-hybridized carbons (Fsp3) is 0.500. The molecule has 70 valence electrons. The normalized spacial score (nSPS) is 26.6. The predicted octanol–water partition coefficient (Wildman–Crippen LogP) is 1.33. The number of rotatable bonds is 2. The molecular formula is C10H14N2O. The molecule has 0 saturated heterocycles. The van der Waals surface area contributed by atoms with Crippen LogP contribution in [0.25, 0.3) is 0 Å². The average Bonchev–Trinajstić information content (AvgIpc) is 2.06. The summed E-state index contributed by atoms with van der Waals surface area (Å²) in [6, 6.07) is 2.41. The van der Waals surface area contributed by atoms with Gasteiger partial charge >= 0.3 is 0 Å². The first-order valence-electron chi connectivity index (χ1n) is 4.61. The monoisotopic (exact) mass is 178 g/mol. The maximum atomic E-state index is 9.11. The van der Waals surface area contributed by atoms with E-state index in [1.807, 2.05) is 19.2 Å². The Kier molecular flexibility index (Phi) is 2.19. The molecule has 0 unspecified atom stereocenters. The Morgan fingerprint density at radius 2 is 2.31 bits per heavy atom. The van der Waals surface area contributed by atoms with Crippen molar-refractivity contribution in [1.82, 2.24) is 4.98 Å². The zero-order valence-electron chi connectivity index (χ0n) is 7.70. The van der Waals surface area contributed by atoms with Crippen molar-refractivity contribution < 1.29 is 5.11 Å². The smallest absolute Gasteiger partial charge is 0.0579 e. The molecule has 1 aromatic rings. The first-order chi connectivity index (χ1) is 6.25. The Balaban J connectivity index is 1.98. The van der Waals surface area contributed by atoms with Gasteiger partial charge in [-0.15, -0.1) is 0 Å². The number of hydrogen-bond acceptors (Lipinski definition) is 3. The second-order valence-corrected chi connectivity index (χ2v) is 3.66. The number of aromatic nitrogens is 1. The van der Waals surface area contributed by atoms with Crippen LogP contribution in [0.2, 0.25) is 0 Å². The molecule has 2 rings (SSSR count). The molecule has 1 fully saturated rings. The van der Waals surface area contributed by atoms with Crippen molar-refractivity contribution in [1.29, 1.82) is 0 Å². The van der Waals surface area contributed by atoms with Gasteiger partial charge in [-0.2, -0.15) is 0 Å². The Morgan fingerprint density at radius 1 is 1.54 bits per heavy atom. The van der Waals surface area contributed by atoms with Crippen LogP contribution >= 0.6 is 0 Å². The molecule has 1 heterocycles. The molecule has 0 aromatic carbocycles. The van der Waals surface area contributed by atoms with Crippen LogP contribution in [0.5, 0.6) is 0 Å². The second-order valence-electron chi connectivity index (χ2n) is 3.66. The molecule has 0 amide bonds. The molecule has 3 heteroatoms. The van der Waals surface area contributed by atoms with Crippen LogP contribution < -0.4 is 5.32 Å². The lowest BCUT2D eigenvalue weighted by molar-refractivity contribution is 0.0836. The van der Waals surface area contributed by atoms with Gasteiger partial charge in [0.2, 0.25) is 0 Å². The first-order valence-corrected chi connectivity index (χ1v) is 4.61. The summed E-state index contributed by atoms with van der Waals surface area (Å²) in [5.41, 5.74) is 2.29. The van der Waals surface area contributed by atoms with Crippen LogP contribution in [0.15, 0.2) is 18.5 Å². The lowest BCUT2D eigenvalue weighted by Crippen LogP contribution is -2.39. The van der Waals surface area contributed by atoms with E-state index in [-0.39, 0.29) is 6.10 Å². The van der Waals surface area contributed by atoms with Gasteiger partial charge in [0, 0.05) is 24.1 Å². The molecular weight excluding hydrogens is 164 g/mol. The van der Waals surface area contributed by atoms with E-state index in [4.69, 9.17) is 5.11 Å². The van der Waals surface area contributed by atoms with Gasteiger partial charge in [-0.1, -0.05) is 0 Å². The molecule has 1 aliphatic carbocycles. The Bertz CT molecular complexity index is 295. The summed E-state index contributed by atoms with van der Waals surface area (Å²) in [5, 5.41) is 12.5. The Labute approximate surface area is 77.8 Å². The van der Waals surface area contributed by atoms with Crippen LogP contribution in [0.4, 0.5) is 5.69 Å². The second kappa shape index (κ2) is 3.34. The summed E-state index contributed by atoms with van der Waals surface area (Å²) >= 11 is 0. The van der Waals surface area contributed by atoms with Crippen molar-refractivity contribution in [3.05, 3.63) is 24.0 Å². The third kappa shape index (κ3) is 1.80. The van der Waals surface area contributed by atoms with E-state index in [9.17, 15) is 0 Å². The number of anilines is 1. The molecule has 0 aliphatic heterocycles. The fourth-order valence-electron chi connectivity index (χ4n) is 1.56. The van der Waals surface area contributed by atoms with Crippen LogP contribution in [-0.2, 0) is 0 Å². The van der Waals surface area contributed by atoms with E-state index in [1.54, 1.807) is 6.20 Å². The Morgan fingerprint density at radius 3 is 2.92 bits per heavy atom. The standard InChI is InChI=1S/C10H14N2O/c1-7-6-11-3-2-10(7)12-8-4-9(13)5-8/h2-3,6,8-9,13H,4-5H2,1H3,(H,11,12). The van der Waals surface area contributed by atoms with Gasteiger partial charge in [-0.05, 0) is 31.4 Å². The van der Waals surface area contributed by atoms with E-state index in [0.717, 1.165) is 24.1 Å². The summed E-state index contributed by atoms with van der Waals surface area (Å²) in [4.78, 5) is 4.02. The maximum absolute atomic E-state index is 9.11. The van der Waals surface area contributed by atoms with Gasteiger partial charge in [0.1, 0.15) is 0 Å². The third-order valence-corrected chi connectivity index (χ3v) is 2.49. The SMILES string of the molecule is Cc1cnccc1NC1CC(O)C1. The van der Waals surface area contributed by atoms with Gasteiger partial charge < -0.3 is 10.4 Å². The summed E-state index contributed by atoms with van der Waals surface area (Å²) in [5.74, 6) is 0. The van der Waals surface area contributed by atoms with E-state index < -0.39 is 0 Å². The quantitative estimate of drug-likeness (QED) is 0.718. The molecule has 0 atom stereocenters. The van der Waals surface area contributed by atoms with Crippen molar-refractivity contribution in [2.24, 2.45) is 0 Å². The van der Waals surface area contributed by atoms with Crippen LogP contribution in [0, 0.1) is 6.92 Å². The highest BCUT2D eigenvalue weighted by Crippen LogP contribution is 2.24. The number of pyridine rings is 1. The lowest BCUT2D eigenvalue weighted by atomic mass is 9.89. The summed E-state index contributed by atoms with van der Waals surface area (Å²) in [6.45, 7) is 2.03. The van der Waals surface area contributed by atoms with E-state index >= 15 is 0 Å². The molecule has 3 nitrogen and oxygen atoms in total. The van der Waals surface area contributed by atoms with Gasteiger partial charge in [0.15, 0.2) is 0 Å². The molecule has 1 aliphatic rings. The summed E-state index contributed by atoms with van der Waals surface area (Å²) in [7, 11) is 0. The number of aliphatic hydroxyl groups excluding tert-OH is 1. The third-order valence-electron chi connectivity index (χ3n) is 2.49. The van der Waals surface area contributed by atoms with E-state index in [2.05, 4.69) is 10.3 Å². The van der Waals surface area contributed by atoms with Crippen molar-refractivity contribution >= 4 is 5.69 Å². The number of hydrogen-bond donors (Lipinski definition) is 2. The minimum atomic E-state index is -0.0976. The minimum absolute atomic E-state index is 0.0976. The van der Waals surface area contributed by atoms with Crippen molar-refractivity contribution in [3.8, 4) is 0 Å². The molecule has 1 saturated carbocycles. The summed E-state index contributed by atoms with van der Waals surface area (Å²) in [6.07, 6.45) is 5.26. The van der Waals surface area contributed by atoms with E-state index in [1.165, 1.54) is 0 Å². The largest absolute Gasteiger partial charge is 0.393 e. The highest BCUT2D eigenvalue weighted by molar-refractivity contribution is 5.49. The molecule has 0 bridgehead atoms. The van der Waals surface area contributed by atoms with Crippen LogP contribution in [0.1, 0.15) is 18.4 Å². The molecule has 1 aromatic heterocycles. The van der Waals surface area contributed by atoms with E-state index in [0.29, 0.717) is 6.04 Å². The molecule has 0 radical (unpaired) electrons. The van der Waals surface area contributed by atoms with Gasteiger partial charge in [0.05, 0.1) is 6.10 Å². The highest BCUT2D eigenvalue weighted by atomic mass is 16.3. The van der Waals surface area contributed by atoms with Gasteiger partial charge in [0.25, 0.3) is 0 Å². The molecule has 2 N–H and O–H groups in total. The average molecular weight is 178 g/mol. The fourth-order valence-corrected chi connectivity index (χ4v) is 1.56. The summed E-state index contributed by atoms with van der Waals surface area (Å²) < 4.78 is 0. The highest BCUT2D eigenvalue weighted by Gasteiger charge is 2.26. The minimum Gasteiger partial charge on any atom is -0.393 e. The van der Waals surface area contributed by atoms with Crippen LogP contribution in [0.3, 0.4) is 0 Å². The van der Waals surface area contributed by atoms with Crippen molar-refractivity contribution in [3.63, 3.8) is 0 Å². The number of aryl methyl sites for hydroxylation is 1. The first kappa shape index (κ1) is 8.51. The maximum Gasteiger partial charge on any atom is 0.0579 e. The molecule has 0 spiro atoms. The Hall–Kier alpha value is -1.09. The van der Waals surface area contributed by atoms with Crippen LogP contribution in [-0.4, -0.2) is 22.2 Å². The number of nitrogens with zero attached hydrogens (tertiary/aromatic N) is 1. The molecule has 13 heavy (non-hydrogen) atoms. The van der Waals surface area contributed by atoms with Crippen molar-refractivity contribution in [2.45, 2.75) is 31.9 Å². The zero-order chi connectivity index (χ0) is 9.26. The van der Waals surface area contributed by atoms with Gasteiger partial charge in [-0.25, -0.2) is 0 Å². The number of aliphatic hydroxyl groups is 1. The zero-order valence-corrected chi connectivity index (χ0v) is 7.70. The number of nitrogens with one attached hydrogen (secondary N) is 1. The van der Waals surface area contributed by atoms with Crippen molar-refractivity contribution in [2.75, 3.05) is 5.32 Å². The van der Waals surface area contributed by atoms with Gasteiger partial charge in [-0.3, -0.25) is 4.98 Å². The topological polar surface area (TPSA) is 45.2 Å².